The molecule has 3 aromatic rings. The number of benzene rings is 3. The van der Waals surface area contributed by atoms with Crippen molar-refractivity contribution in [3.63, 3.8) is 0 Å². The largest absolute Gasteiger partial charge is 0.460 e. The highest BCUT2D eigenvalue weighted by atomic mass is 16.8. The smallest absolute Gasteiger partial charge is 0.338 e. The number of amides is 2. The molecule has 4 aliphatic carbocycles. The second-order valence-electron chi connectivity index (χ2n) is 21.6. The van der Waals surface area contributed by atoms with Crippen LogP contribution in [0.3, 0.4) is 0 Å². The summed E-state index contributed by atoms with van der Waals surface area (Å²) in [5, 5.41) is 15.7. The molecule has 2 heterocycles. The second-order valence-corrected chi connectivity index (χ2v) is 21.6. The molecule has 67 heavy (non-hydrogen) atoms. The van der Waals surface area contributed by atoms with E-state index in [1.165, 1.54) is 5.57 Å². The first kappa shape index (κ1) is 46.9. The van der Waals surface area contributed by atoms with E-state index in [9.17, 15) is 24.3 Å². The predicted octanol–water partition coefficient (Wildman–Crippen LogP) is 8.13. The van der Waals surface area contributed by atoms with Crippen molar-refractivity contribution in [1.29, 1.82) is 0 Å². The topological polar surface area (TPSA) is 162 Å². The zero-order valence-electron chi connectivity index (χ0n) is 39.7. The molecule has 2 saturated carbocycles. The van der Waals surface area contributed by atoms with Gasteiger partial charge in [-0.2, -0.15) is 0 Å². The number of fused-ring (bicyclic) bond motifs is 4. The molecule has 356 valence electrons. The summed E-state index contributed by atoms with van der Waals surface area (Å²) in [6.07, 6.45) is 9.16. The van der Waals surface area contributed by atoms with Crippen molar-refractivity contribution in [1.82, 2.24) is 10.6 Å². The second kappa shape index (κ2) is 18.4. The van der Waals surface area contributed by atoms with Crippen LogP contribution in [0.15, 0.2) is 90.0 Å². The number of carbonyl (C=O) groups excluding carboxylic acids is 4. The lowest BCUT2D eigenvalue weighted by molar-refractivity contribution is -0.172. The van der Waals surface area contributed by atoms with E-state index in [4.69, 9.17) is 23.7 Å². The summed E-state index contributed by atoms with van der Waals surface area (Å²) >= 11 is 0. The number of aliphatic hydroxyl groups excluding tert-OH is 1. The van der Waals surface area contributed by atoms with E-state index in [2.05, 4.69) is 49.6 Å². The van der Waals surface area contributed by atoms with E-state index in [1.807, 2.05) is 30.3 Å². The minimum absolute atomic E-state index is 0.00435. The first-order chi connectivity index (χ1) is 31.9. The van der Waals surface area contributed by atoms with Crippen LogP contribution in [0.25, 0.3) is 6.08 Å². The van der Waals surface area contributed by atoms with Crippen molar-refractivity contribution in [2.24, 2.45) is 17.3 Å². The molecule has 8 atom stereocenters. The molecule has 12 heteroatoms. The highest BCUT2D eigenvalue weighted by molar-refractivity contribution is 5.95. The van der Waals surface area contributed by atoms with Crippen LogP contribution in [-0.2, 0) is 52.7 Å². The molecular formula is C55H66N2O10. The summed E-state index contributed by atoms with van der Waals surface area (Å²) in [5.74, 6) is -1.50. The first-order valence-electron chi connectivity index (χ1n) is 24.2. The van der Waals surface area contributed by atoms with Gasteiger partial charge in [0.2, 0.25) is 5.91 Å². The quantitative estimate of drug-likeness (QED) is 0.120. The number of allylic oxidation sites excluding steroid dienone is 1. The molecule has 1 spiro atoms. The van der Waals surface area contributed by atoms with Crippen molar-refractivity contribution in [2.45, 2.75) is 160 Å². The fourth-order valence-corrected chi connectivity index (χ4v) is 11.3. The normalized spacial score (nSPS) is 28.7. The fourth-order valence-electron chi connectivity index (χ4n) is 11.3. The Hall–Kier alpha value is -5.14. The molecular weight excluding hydrogens is 849 g/mol. The number of carbonyl (C=O) groups is 4. The molecule has 4 fully saturated rings. The van der Waals surface area contributed by atoms with E-state index in [0.717, 1.165) is 48.8 Å². The third-order valence-electron chi connectivity index (χ3n) is 14.9. The van der Waals surface area contributed by atoms with Gasteiger partial charge in [0, 0.05) is 43.4 Å². The maximum Gasteiger partial charge on any atom is 0.338 e. The van der Waals surface area contributed by atoms with Gasteiger partial charge in [0.25, 0.3) is 5.91 Å². The summed E-state index contributed by atoms with van der Waals surface area (Å²) in [5.41, 5.74) is 6.19. The molecule has 12 nitrogen and oxygen atoms in total. The highest BCUT2D eigenvalue weighted by Crippen LogP contribution is 2.60. The van der Waals surface area contributed by atoms with E-state index in [-0.39, 0.29) is 49.3 Å². The summed E-state index contributed by atoms with van der Waals surface area (Å²) in [7, 11) is 0. The van der Waals surface area contributed by atoms with Crippen LogP contribution < -0.4 is 10.6 Å². The molecule has 6 aliphatic rings. The molecule has 1 unspecified atom stereocenters. The van der Waals surface area contributed by atoms with Crippen molar-refractivity contribution in [3.8, 4) is 0 Å². The van der Waals surface area contributed by atoms with E-state index >= 15 is 0 Å². The van der Waals surface area contributed by atoms with Gasteiger partial charge in [-0.05, 0) is 136 Å². The molecule has 0 aromatic heterocycles. The van der Waals surface area contributed by atoms with Crippen molar-refractivity contribution >= 4 is 29.8 Å². The van der Waals surface area contributed by atoms with E-state index < -0.39 is 53.6 Å². The number of rotatable bonds is 12. The van der Waals surface area contributed by atoms with E-state index in [0.29, 0.717) is 53.0 Å². The number of aliphatic hydroxyl groups is 1. The predicted molar refractivity (Wildman–Crippen MR) is 251 cm³/mol. The molecule has 2 amide bonds. The highest BCUT2D eigenvalue weighted by Gasteiger charge is 2.57. The Labute approximate surface area is 394 Å². The van der Waals surface area contributed by atoms with Crippen LogP contribution in [0.4, 0.5) is 0 Å². The number of ether oxygens (including phenoxy) is 5. The third kappa shape index (κ3) is 10.5. The Morgan fingerprint density at radius 2 is 1.64 bits per heavy atom. The molecule has 2 aliphatic heterocycles. The molecule has 0 bridgehead atoms. The first-order valence-corrected chi connectivity index (χ1v) is 24.2. The molecule has 0 radical (unpaired) electrons. The zero-order chi connectivity index (χ0) is 47.3. The summed E-state index contributed by atoms with van der Waals surface area (Å²) in [6, 6.07) is 22.0. The van der Waals surface area contributed by atoms with Crippen molar-refractivity contribution in [2.75, 3.05) is 6.61 Å². The van der Waals surface area contributed by atoms with Crippen LogP contribution >= 0.6 is 0 Å². The van der Waals surface area contributed by atoms with Crippen LogP contribution in [0, 0.1) is 17.3 Å². The third-order valence-corrected chi connectivity index (χ3v) is 14.9. The van der Waals surface area contributed by atoms with Crippen LogP contribution in [0.2, 0.25) is 0 Å². The van der Waals surface area contributed by atoms with Gasteiger partial charge in [-0.15, -0.1) is 0 Å². The van der Waals surface area contributed by atoms with Gasteiger partial charge in [-0.25, -0.2) is 4.79 Å². The lowest BCUT2D eigenvalue weighted by Crippen LogP contribution is -2.45. The van der Waals surface area contributed by atoms with Gasteiger partial charge in [0.05, 0.1) is 29.9 Å². The van der Waals surface area contributed by atoms with Crippen LogP contribution in [0.5, 0.6) is 0 Å². The Balaban J connectivity index is 0.881. The molecule has 3 N–H and O–H groups in total. The Kier molecular flexibility index (Phi) is 12.9. The van der Waals surface area contributed by atoms with Crippen molar-refractivity contribution < 1.29 is 48.0 Å². The van der Waals surface area contributed by atoms with Gasteiger partial charge in [0.1, 0.15) is 23.9 Å². The van der Waals surface area contributed by atoms with Gasteiger partial charge in [-0.3, -0.25) is 14.4 Å². The van der Waals surface area contributed by atoms with Crippen LogP contribution in [0.1, 0.15) is 136 Å². The lowest BCUT2D eigenvalue weighted by Gasteiger charge is -2.53. The SMILES string of the molecule is CC(C)(C)OC(=O)CC[C@@H](CO)NC(=O)c1cccc(CNC(=O)C2=C[C@H]3OC4(Cc5ccccc5C4)O[C@H]3[C@H](OC(=O)c3cccc(C=C4CCC5O[C@]5(C)CC[C@@H]5[C@@H]4CC5(C)C)c3)C2)c1. The molecule has 3 aromatic carbocycles. The maximum atomic E-state index is 14.2. The maximum absolute atomic E-state index is 14.2. The average molecular weight is 915 g/mol. The lowest BCUT2D eigenvalue weighted by atomic mass is 9.52. The summed E-state index contributed by atoms with van der Waals surface area (Å²) < 4.78 is 31.4. The molecule has 2 saturated heterocycles. The fraction of sp³-hybridized carbons (Fsp3) is 0.527. The number of hydrogen-bond donors (Lipinski definition) is 3. The monoisotopic (exact) mass is 914 g/mol. The average Bonchev–Trinajstić information content (AvgIpc) is 3.57. The zero-order valence-corrected chi connectivity index (χ0v) is 39.7. The van der Waals surface area contributed by atoms with Crippen LogP contribution in [-0.4, -0.2) is 82.9 Å². The summed E-state index contributed by atoms with van der Waals surface area (Å²) in [6.45, 7) is 12.1. The van der Waals surface area contributed by atoms with E-state index in [1.54, 1.807) is 57.2 Å². The number of nitrogens with one attached hydrogen (secondary N) is 2. The number of hydrogen-bond acceptors (Lipinski definition) is 10. The molecule has 9 rings (SSSR count). The number of esters is 2. The summed E-state index contributed by atoms with van der Waals surface area (Å²) in [4.78, 5) is 53.7. The standard InChI is InChI=1S/C55H66N2O10/c1-52(2,3)66-47(59)20-18-41(32-58)57-50(61)36-15-10-12-34(25-36)31-56-49(60)40-26-44(48-45(27-40)64-55(67-48)28-38-13-7-8-14-39(38)29-55)63-51(62)37-16-9-11-33(24-37)23-35-17-19-46-54(6,65-46)22-21-43-42(35)30-53(43,4)5/h7-16,23-25,27,41-46,48,58H,17-22,26,28-32H2,1-6H3,(H,56,60)(H,57,61)/t41-,42+,43+,44+,45+,46?,48-,54+/m0/s1. The Morgan fingerprint density at radius 3 is 2.37 bits per heavy atom. The Morgan fingerprint density at radius 1 is 0.896 bits per heavy atom. The van der Waals surface area contributed by atoms with Gasteiger partial charge >= 0.3 is 11.9 Å². The Bertz CT molecular complexity index is 2440. The van der Waals surface area contributed by atoms with Gasteiger partial charge in [0.15, 0.2) is 5.79 Å². The minimum atomic E-state index is -0.947. The number of epoxide rings is 1. The minimum Gasteiger partial charge on any atom is -0.460 e. The van der Waals surface area contributed by atoms with Crippen molar-refractivity contribution in [3.05, 3.63) is 123 Å². The van der Waals surface area contributed by atoms with Gasteiger partial charge in [-0.1, -0.05) is 74.0 Å². The van der Waals surface area contributed by atoms with Gasteiger partial charge < -0.3 is 39.4 Å².